The van der Waals surface area contributed by atoms with Crippen LogP contribution in [0.3, 0.4) is 0 Å². The lowest BCUT2D eigenvalue weighted by Crippen LogP contribution is -2.45. The van der Waals surface area contributed by atoms with Crippen molar-refractivity contribution in [3.63, 3.8) is 0 Å². The molecule has 0 spiro atoms. The first-order valence-corrected chi connectivity index (χ1v) is 8.63. The number of amides is 1. The second-order valence-corrected chi connectivity index (χ2v) is 6.51. The molecule has 0 radical (unpaired) electrons. The number of carbonyl (C=O) groups excluding carboxylic acids is 1. The van der Waals surface area contributed by atoms with E-state index in [0.29, 0.717) is 29.9 Å². The van der Waals surface area contributed by atoms with Gasteiger partial charge in [0.2, 0.25) is 5.91 Å². The number of benzene rings is 2. The molecule has 5 nitrogen and oxygen atoms in total. The molecule has 6 heteroatoms. The number of nitrogens with two attached hydrogens (primary N) is 1. The van der Waals surface area contributed by atoms with Crippen LogP contribution in [0.1, 0.15) is 34.3 Å². The minimum Gasteiger partial charge on any atom is -0.368 e. The molecule has 0 saturated carbocycles. The zero-order valence-corrected chi connectivity index (χ0v) is 14.4. The lowest BCUT2D eigenvalue weighted by atomic mass is 10.0. The maximum absolute atomic E-state index is 14.3. The number of piperidine rings is 1. The number of nitrogens with one attached hydrogen (secondary N) is 1. The summed E-state index contributed by atoms with van der Waals surface area (Å²) in [5.41, 5.74) is 7.66. The minimum atomic E-state index is -0.438. The third kappa shape index (κ3) is 4.19. The van der Waals surface area contributed by atoms with E-state index < -0.39 is 5.91 Å². The lowest BCUT2D eigenvalue weighted by Gasteiger charge is -2.35. The molecule has 1 aliphatic rings. The molecular weight excluding hydrogens is 331 g/mol. The highest BCUT2D eigenvalue weighted by Crippen LogP contribution is 2.24. The number of nitrogens with zero attached hydrogens (tertiary/aromatic N) is 2. The Bertz CT molecular complexity index is 846. The van der Waals surface area contributed by atoms with Crippen LogP contribution in [0.4, 0.5) is 10.1 Å². The van der Waals surface area contributed by atoms with Crippen LogP contribution in [-0.2, 0) is 6.54 Å². The van der Waals surface area contributed by atoms with Crippen molar-refractivity contribution in [3.8, 4) is 6.07 Å². The van der Waals surface area contributed by atoms with Crippen LogP contribution >= 0.6 is 0 Å². The lowest BCUT2D eigenvalue weighted by molar-refractivity contribution is 0.1000. The average molecular weight is 352 g/mol. The van der Waals surface area contributed by atoms with E-state index in [1.807, 2.05) is 23.1 Å². The molecule has 26 heavy (non-hydrogen) atoms. The highest BCUT2D eigenvalue weighted by atomic mass is 19.1. The Balaban J connectivity index is 1.63. The minimum absolute atomic E-state index is 0.219. The summed E-state index contributed by atoms with van der Waals surface area (Å²) in [6, 6.07) is 14.0. The number of primary amides is 1. The van der Waals surface area contributed by atoms with Crippen LogP contribution in [0.5, 0.6) is 0 Å². The summed E-state index contributed by atoms with van der Waals surface area (Å²) in [5, 5.41) is 12.3. The van der Waals surface area contributed by atoms with E-state index in [4.69, 9.17) is 11.0 Å². The normalized spacial score (nSPS) is 16.9. The molecule has 1 heterocycles. The smallest absolute Gasteiger partial charge is 0.248 e. The van der Waals surface area contributed by atoms with Crippen LogP contribution in [0, 0.1) is 17.1 Å². The van der Waals surface area contributed by atoms with Gasteiger partial charge in [0.05, 0.1) is 17.3 Å². The van der Waals surface area contributed by atoms with Gasteiger partial charge in [-0.1, -0.05) is 12.1 Å². The fraction of sp³-hybridized carbons (Fsp3) is 0.300. The first-order chi connectivity index (χ1) is 12.6. The SMILES string of the molecule is N#Cc1ccc(N2CCC[C@H](NCc3cccc(C(N)=O)c3)C2)c(F)c1. The average Bonchev–Trinajstić information content (AvgIpc) is 2.66. The van der Waals surface area contributed by atoms with Crippen LogP contribution in [0.15, 0.2) is 42.5 Å². The molecule has 0 aromatic heterocycles. The molecule has 1 atom stereocenters. The second kappa shape index (κ2) is 7.98. The number of hydrogen-bond acceptors (Lipinski definition) is 4. The molecule has 134 valence electrons. The molecule has 3 N–H and O–H groups in total. The molecular formula is C20H21FN4O. The maximum Gasteiger partial charge on any atom is 0.248 e. The Morgan fingerprint density at radius 1 is 1.35 bits per heavy atom. The predicted octanol–water partition coefficient (Wildman–Crippen LogP) is 2.55. The molecule has 0 bridgehead atoms. The molecule has 1 saturated heterocycles. The second-order valence-electron chi connectivity index (χ2n) is 6.51. The van der Waals surface area contributed by atoms with Gasteiger partial charge < -0.3 is 16.0 Å². The van der Waals surface area contributed by atoms with Gasteiger partial charge >= 0.3 is 0 Å². The topological polar surface area (TPSA) is 82.2 Å². The number of carbonyl (C=O) groups is 1. The van der Waals surface area contributed by atoms with Crippen molar-refractivity contribution < 1.29 is 9.18 Å². The Labute approximate surface area is 152 Å². The largest absolute Gasteiger partial charge is 0.368 e. The van der Waals surface area contributed by atoms with Crippen molar-refractivity contribution in [3.05, 3.63) is 65.0 Å². The summed E-state index contributed by atoms with van der Waals surface area (Å²) in [4.78, 5) is 13.3. The molecule has 2 aromatic rings. The summed E-state index contributed by atoms with van der Waals surface area (Å²) in [5.74, 6) is -0.800. The van der Waals surface area contributed by atoms with Gasteiger partial charge in [0.1, 0.15) is 5.82 Å². The van der Waals surface area contributed by atoms with Crippen LogP contribution in [0.25, 0.3) is 0 Å². The van der Waals surface area contributed by atoms with Gasteiger partial charge in [-0.25, -0.2) is 4.39 Å². The maximum atomic E-state index is 14.3. The Hall–Kier alpha value is -2.91. The van der Waals surface area contributed by atoms with Crippen molar-refractivity contribution in [2.75, 3.05) is 18.0 Å². The van der Waals surface area contributed by atoms with Crippen LogP contribution < -0.4 is 16.0 Å². The van der Waals surface area contributed by atoms with E-state index in [0.717, 1.165) is 24.9 Å². The van der Waals surface area contributed by atoms with Crippen LogP contribution in [0.2, 0.25) is 0 Å². The quantitative estimate of drug-likeness (QED) is 0.866. The third-order valence-corrected chi connectivity index (χ3v) is 4.65. The zero-order valence-electron chi connectivity index (χ0n) is 14.4. The van der Waals surface area contributed by atoms with Crippen molar-refractivity contribution >= 4 is 11.6 Å². The molecule has 0 unspecified atom stereocenters. The number of anilines is 1. The van der Waals surface area contributed by atoms with Gasteiger partial charge in [0.15, 0.2) is 0 Å². The standard InChI is InChI=1S/C20H21FN4O/c21-18-10-14(11-22)6-7-19(18)25-8-2-5-17(13-25)24-12-15-3-1-4-16(9-15)20(23)26/h1,3-4,6-7,9-10,17,24H,2,5,8,12-13H2,(H2,23,26)/t17-/m0/s1. The number of rotatable bonds is 5. The summed E-state index contributed by atoms with van der Waals surface area (Å²) in [6.07, 6.45) is 1.96. The molecule has 3 rings (SSSR count). The number of nitriles is 1. The van der Waals surface area contributed by atoms with Gasteiger partial charge in [-0.15, -0.1) is 0 Å². The van der Waals surface area contributed by atoms with Gasteiger partial charge in [-0.05, 0) is 48.7 Å². The third-order valence-electron chi connectivity index (χ3n) is 4.65. The Morgan fingerprint density at radius 2 is 2.19 bits per heavy atom. The first-order valence-electron chi connectivity index (χ1n) is 8.63. The monoisotopic (exact) mass is 352 g/mol. The molecule has 1 fully saturated rings. The van der Waals surface area contributed by atoms with E-state index in [2.05, 4.69) is 5.32 Å². The summed E-state index contributed by atoms with van der Waals surface area (Å²) < 4.78 is 14.3. The van der Waals surface area contributed by atoms with Gasteiger partial charge in [-0.3, -0.25) is 4.79 Å². The van der Waals surface area contributed by atoms with Gasteiger partial charge in [0.25, 0.3) is 0 Å². The highest BCUT2D eigenvalue weighted by Gasteiger charge is 2.22. The highest BCUT2D eigenvalue weighted by molar-refractivity contribution is 5.92. The van der Waals surface area contributed by atoms with Crippen LogP contribution in [-0.4, -0.2) is 25.0 Å². The van der Waals surface area contributed by atoms with E-state index >= 15 is 0 Å². The predicted molar refractivity (Wildman–Crippen MR) is 98.1 cm³/mol. The van der Waals surface area contributed by atoms with Crippen molar-refractivity contribution in [2.24, 2.45) is 5.73 Å². The van der Waals surface area contributed by atoms with Crippen molar-refractivity contribution in [1.82, 2.24) is 5.32 Å². The van der Waals surface area contributed by atoms with E-state index in [-0.39, 0.29) is 11.9 Å². The first kappa shape index (κ1) is 17.9. The molecule has 0 aliphatic carbocycles. The zero-order chi connectivity index (χ0) is 18.5. The summed E-state index contributed by atoms with van der Waals surface area (Å²) in [7, 11) is 0. The number of halogens is 1. The van der Waals surface area contributed by atoms with Gasteiger partial charge in [-0.2, -0.15) is 5.26 Å². The Kier molecular flexibility index (Phi) is 5.49. The fourth-order valence-corrected chi connectivity index (χ4v) is 3.29. The van der Waals surface area contributed by atoms with Gasteiger partial charge in [0, 0.05) is 31.2 Å². The van der Waals surface area contributed by atoms with Crippen molar-refractivity contribution in [2.45, 2.75) is 25.4 Å². The van der Waals surface area contributed by atoms with E-state index in [1.54, 1.807) is 24.3 Å². The summed E-state index contributed by atoms with van der Waals surface area (Å²) >= 11 is 0. The Morgan fingerprint density at radius 3 is 2.92 bits per heavy atom. The van der Waals surface area contributed by atoms with Crippen molar-refractivity contribution in [1.29, 1.82) is 5.26 Å². The fourth-order valence-electron chi connectivity index (χ4n) is 3.29. The summed E-state index contributed by atoms with van der Waals surface area (Å²) in [6.45, 7) is 2.10. The van der Waals surface area contributed by atoms with E-state index in [1.165, 1.54) is 6.07 Å². The molecule has 2 aromatic carbocycles. The molecule has 1 amide bonds. The van der Waals surface area contributed by atoms with E-state index in [9.17, 15) is 9.18 Å². The molecule has 1 aliphatic heterocycles. The number of hydrogen-bond donors (Lipinski definition) is 2.